The molecule has 2 aromatic carbocycles. The van der Waals surface area contributed by atoms with Crippen molar-refractivity contribution in [3.05, 3.63) is 73.1 Å². The number of aromatic nitrogens is 2. The maximum atomic E-state index is 10.0. The molecule has 0 spiro atoms. The molecular weight excluding hydrogens is 395 g/mol. The van der Waals surface area contributed by atoms with Crippen LogP contribution in [0.15, 0.2) is 73.1 Å². The molecular formula is C23H22AlN2O4. The van der Waals surface area contributed by atoms with Gasteiger partial charge in [0.15, 0.2) is 0 Å². The monoisotopic (exact) mass is 417 g/mol. The quantitative estimate of drug-likeness (QED) is 0.377. The first-order valence-electron chi connectivity index (χ1n) is 8.92. The van der Waals surface area contributed by atoms with Crippen LogP contribution in [-0.4, -0.2) is 49.1 Å². The number of aromatic hydroxyl groups is 2. The number of ketones is 2. The fraction of sp³-hybridized carbons (Fsp3) is 0.130. The number of hydrogen-bond donors (Lipinski definition) is 2. The Morgan fingerprint density at radius 1 is 0.700 bits per heavy atom. The summed E-state index contributed by atoms with van der Waals surface area (Å²) in [7, 11) is 0. The fourth-order valence-corrected chi connectivity index (χ4v) is 2.53. The van der Waals surface area contributed by atoms with E-state index in [1.165, 1.54) is 13.8 Å². The van der Waals surface area contributed by atoms with Gasteiger partial charge in [-0.15, -0.1) is 0 Å². The third kappa shape index (κ3) is 7.63. The summed E-state index contributed by atoms with van der Waals surface area (Å²) in [6.45, 7) is 2.81. The van der Waals surface area contributed by atoms with E-state index < -0.39 is 0 Å². The van der Waals surface area contributed by atoms with Crippen molar-refractivity contribution in [1.82, 2.24) is 9.97 Å². The molecule has 3 radical (unpaired) electrons. The number of carbonyl (C=O) groups excluding carboxylic acids is 2. The highest BCUT2D eigenvalue weighted by molar-refractivity contribution is 5.96. The number of nitrogens with zero attached hydrogens (tertiary/aromatic N) is 2. The van der Waals surface area contributed by atoms with E-state index in [2.05, 4.69) is 9.97 Å². The summed E-state index contributed by atoms with van der Waals surface area (Å²) in [5.41, 5.74) is 1.32. The summed E-state index contributed by atoms with van der Waals surface area (Å²) >= 11 is 0. The van der Waals surface area contributed by atoms with Crippen molar-refractivity contribution >= 4 is 50.7 Å². The Morgan fingerprint density at radius 3 is 1.37 bits per heavy atom. The molecule has 6 nitrogen and oxygen atoms in total. The molecule has 2 N–H and O–H groups in total. The second-order valence-electron chi connectivity index (χ2n) is 6.29. The van der Waals surface area contributed by atoms with Crippen LogP contribution in [0.1, 0.15) is 20.3 Å². The number of fused-ring (bicyclic) bond motifs is 2. The lowest BCUT2D eigenvalue weighted by Crippen LogP contribution is -1.97. The van der Waals surface area contributed by atoms with Gasteiger partial charge in [0.25, 0.3) is 0 Å². The predicted molar refractivity (Wildman–Crippen MR) is 119 cm³/mol. The van der Waals surface area contributed by atoms with Crippen molar-refractivity contribution in [3.8, 4) is 11.5 Å². The molecule has 0 saturated carbocycles. The van der Waals surface area contributed by atoms with Gasteiger partial charge in [0.1, 0.15) is 34.1 Å². The average molecular weight is 417 g/mol. The number of para-hydroxylation sites is 2. The van der Waals surface area contributed by atoms with Crippen LogP contribution in [-0.2, 0) is 9.59 Å². The van der Waals surface area contributed by atoms with E-state index in [0.29, 0.717) is 11.0 Å². The lowest BCUT2D eigenvalue weighted by Gasteiger charge is -1.96. The normalized spacial score (nSPS) is 9.40. The first kappa shape index (κ1) is 24.8. The Hall–Kier alpha value is -3.27. The lowest BCUT2D eigenvalue weighted by atomic mass is 10.2. The number of phenolic OH excluding ortho intramolecular Hbond substituents is 2. The molecule has 0 atom stereocenters. The van der Waals surface area contributed by atoms with Crippen LogP contribution in [0.25, 0.3) is 21.8 Å². The van der Waals surface area contributed by atoms with Crippen molar-refractivity contribution < 1.29 is 19.8 Å². The molecule has 0 aliphatic heterocycles. The van der Waals surface area contributed by atoms with Crippen LogP contribution >= 0.6 is 0 Å². The molecule has 4 rings (SSSR count). The highest BCUT2D eigenvalue weighted by Gasteiger charge is 1.97. The number of benzene rings is 2. The minimum Gasteiger partial charge on any atom is -0.506 e. The summed E-state index contributed by atoms with van der Waals surface area (Å²) in [6, 6.07) is 18.3. The van der Waals surface area contributed by atoms with Gasteiger partial charge in [0.05, 0.1) is 6.42 Å². The zero-order valence-corrected chi connectivity index (χ0v) is 18.0. The van der Waals surface area contributed by atoms with Crippen molar-refractivity contribution in [1.29, 1.82) is 0 Å². The SMILES string of the molecule is CC(=O)CC(C)=O.Oc1cccc2cccnc12.Oc1cccc2cccnc12.[Al]. The second kappa shape index (κ2) is 12.3. The number of rotatable bonds is 2. The Labute approximate surface area is 185 Å². The zero-order chi connectivity index (χ0) is 21.2. The first-order valence-corrected chi connectivity index (χ1v) is 8.92. The minimum absolute atomic E-state index is 0. The van der Waals surface area contributed by atoms with Crippen LogP contribution in [0.5, 0.6) is 11.5 Å². The number of hydrogen-bond acceptors (Lipinski definition) is 6. The smallest absolute Gasteiger partial charge is 0.141 e. The highest BCUT2D eigenvalue weighted by Crippen LogP contribution is 2.21. The number of Topliss-reactive ketones (excluding diaryl/α,β-unsaturated/α-hetero) is 2. The maximum Gasteiger partial charge on any atom is 0.141 e. The number of phenols is 2. The molecule has 0 amide bonds. The van der Waals surface area contributed by atoms with E-state index in [0.717, 1.165) is 10.8 Å². The van der Waals surface area contributed by atoms with Gasteiger partial charge in [0, 0.05) is 40.5 Å². The van der Waals surface area contributed by atoms with Crippen molar-refractivity contribution in [2.45, 2.75) is 20.3 Å². The van der Waals surface area contributed by atoms with Crippen LogP contribution in [0.4, 0.5) is 0 Å². The van der Waals surface area contributed by atoms with Gasteiger partial charge in [-0.2, -0.15) is 0 Å². The molecule has 0 fully saturated rings. The fourth-order valence-electron chi connectivity index (χ4n) is 2.53. The largest absolute Gasteiger partial charge is 0.506 e. The summed E-state index contributed by atoms with van der Waals surface area (Å²) in [6.07, 6.45) is 3.42. The highest BCUT2D eigenvalue weighted by atomic mass is 27.0. The molecule has 0 aliphatic rings. The molecule has 7 heteroatoms. The van der Waals surface area contributed by atoms with Crippen molar-refractivity contribution in [2.75, 3.05) is 0 Å². The standard InChI is InChI=1S/2C9H7NO.C5H8O2.Al/c2*11-8-5-1-3-7-4-2-6-10-9(7)8;1-4(6)3-5(2)7;/h2*1-6,11H;3H2,1-2H3;. The third-order valence-electron chi connectivity index (χ3n) is 3.72. The van der Waals surface area contributed by atoms with Crippen LogP contribution in [0.2, 0.25) is 0 Å². The van der Waals surface area contributed by atoms with Gasteiger partial charge < -0.3 is 10.2 Å². The summed E-state index contributed by atoms with van der Waals surface area (Å²) in [5.74, 6) is 0.353. The van der Waals surface area contributed by atoms with E-state index in [4.69, 9.17) is 0 Å². The first-order chi connectivity index (χ1) is 13.9. The van der Waals surface area contributed by atoms with Gasteiger partial charge in [-0.1, -0.05) is 36.4 Å². The molecule has 2 heterocycles. The molecule has 0 bridgehead atoms. The van der Waals surface area contributed by atoms with Gasteiger partial charge >= 0.3 is 0 Å². The van der Waals surface area contributed by atoms with Gasteiger partial charge in [-0.05, 0) is 38.1 Å². The zero-order valence-electron chi connectivity index (χ0n) is 16.8. The predicted octanol–water partition coefficient (Wildman–Crippen LogP) is 4.05. The van der Waals surface area contributed by atoms with E-state index >= 15 is 0 Å². The Kier molecular flexibility index (Phi) is 10.2. The average Bonchev–Trinajstić information content (AvgIpc) is 2.69. The van der Waals surface area contributed by atoms with Crippen molar-refractivity contribution in [3.63, 3.8) is 0 Å². The molecule has 0 aliphatic carbocycles. The Bertz CT molecular complexity index is 1030. The van der Waals surface area contributed by atoms with E-state index in [9.17, 15) is 19.8 Å². The minimum atomic E-state index is -0.0625. The van der Waals surface area contributed by atoms with Crippen LogP contribution in [0, 0.1) is 0 Å². The van der Waals surface area contributed by atoms with Gasteiger partial charge in [-0.25, -0.2) is 0 Å². The third-order valence-corrected chi connectivity index (χ3v) is 3.72. The topological polar surface area (TPSA) is 100 Å². The van der Waals surface area contributed by atoms with Crippen LogP contribution < -0.4 is 0 Å². The number of carbonyl (C=O) groups is 2. The van der Waals surface area contributed by atoms with Gasteiger partial charge in [-0.3, -0.25) is 19.6 Å². The molecule has 4 aromatic rings. The molecule has 2 aromatic heterocycles. The Morgan fingerprint density at radius 2 is 1.07 bits per heavy atom. The van der Waals surface area contributed by atoms with Gasteiger partial charge in [0.2, 0.25) is 0 Å². The second-order valence-corrected chi connectivity index (χ2v) is 6.29. The van der Waals surface area contributed by atoms with E-state index in [-0.39, 0.29) is 46.8 Å². The summed E-state index contributed by atoms with van der Waals surface area (Å²) in [4.78, 5) is 28.1. The summed E-state index contributed by atoms with van der Waals surface area (Å²) in [5, 5.41) is 20.5. The molecule has 0 saturated heterocycles. The Balaban J connectivity index is 0.000000229. The van der Waals surface area contributed by atoms with E-state index in [1.54, 1.807) is 36.7 Å². The maximum absolute atomic E-state index is 10.0. The molecule has 30 heavy (non-hydrogen) atoms. The van der Waals surface area contributed by atoms with E-state index in [1.807, 2.05) is 36.4 Å². The van der Waals surface area contributed by atoms with Crippen molar-refractivity contribution in [2.24, 2.45) is 0 Å². The molecule has 0 unspecified atom stereocenters. The number of pyridine rings is 2. The lowest BCUT2D eigenvalue weighted by molar-refractivity contribution is -0.124. The van der Waals surface area contributed by atoms with Crippen LogP contribution in [0.3, 0.4) is 0 Å². The summed E-state index contributed by atoms with van der Waals surface area (Å²) < 4.78 is 0. The molecule has 151 valence electrons.